The molecule has 154 valence electrons. The number of para-hydroxylation sites is 1. The van der Waals surface area contributed by atoms with Crippen molar-refractivity contribution in [3.05, 3.63) is 53.7 Å². The number of amides is 3. The SMILES string of the molecule is Cc1[nH]c2ccccc2c1C(=O)OCC(=O)NC(=O)Nc1ccc2c(c1)OCCO2. The minimum Gasteiger partial charge on any atom is -0.486 e. The predicted molar refractivity (Wildman–Crippen MR) is 108 cm³/mol. The van der Waals surface area contributed by atoms with Gasteiger partial charge >= 0.3 is 12.0 Å². The van der Waals surface area contributed by atoms with Crippen molar-refractivity contribution in [2.75, 3.05) is 25.1 Å². The second-order valence-electron chi connectivity index (χ2n) is 6.61. The number of benzene rings is 2. The number of anilines is 1. The van der Waals surface area contributed by atoms with Gasteiger partial charge in [-0.05, 0) is 25.1 Å². The molecular weight excluding hydrogens is 390 g/mol. The molecule has 0 saturated carbocycles. The average molecular weight is 409 g/mol. The Balaban J connectivity index is 1.31. The Kier molecular flexibility index (Phi) is 5.25. The monoisotopic (exact) mass is 409 g/mol. The van der Waals surface area contributed by atoms with E-state index in [2.05, 4.69) is 15.6 Å². The molecule has 0 aliphatic carbocycles. The lowest BCUT2D eigenvalue weighted by molar-refractivity contribution is -0.123. The minimum atomic E-state index is -0.754. The van der Waals surface area contributed by atoms with Crippen LogP contribution >= 0.6 is 0 Å². The standard InChI is InChI=1S/C21H19N3O6/c1-12-19(14-4-2-3-5-15(14)22-12)20(26)30-11-18(25)24-21(27)23-13-6-7-16-17(10-13)29-9-8-28-16/h2-7,10,22H,8-9,11H2,1H3,(H2,23,24,25,27). The van der Waals surface area contributed by atoms with E-state index in [1.165, 1.54) is 0 Å². The molecule has 3 amide bonds. The van der Waals surface area contributed by atoms with Crippen LogP contribution in [0.3, 0.4) is 0 Å². The van der Waals surface area contributed by atoms with E-state index in [1.54, 1.807) is 37.3 Å². The van der Waals surface area contributed by atoms with Crippen molar-refractivity contribution in [1.29, 1.82) is 0 Å². The zero-order valence-electron chi connectivity index (χ0n) is 16.1. The van der Waals surface area contributed by atoms with Gasteiger partial charge in [0.2, 0.25) is 0 Å². The topological polar surface area (TPSA) is 119 Å². The number of esters is 1. The fraction of sp³-hybridized carbons (Fsp3) is 0.190. The summed E-state index contributed by atoms with van der Waals surface area (Å²) >= 11 is 0. The molecule has 9 nitrogen and oxygen atoms in total. The summed E-state index contributed by atoms with van der Waals surface area (Å²) in [5, 5.41) is 5.34. The highest BCUT2D eigenvalue weighted by molar-refractivity contribution is 6.07. The Labute approximate surface area is 171 Å². The molecule has 30 heavy (non-hydrogen) atoms. The van der Waals surface area contributed by atoms with Crippen molar-refractivity contribution in [3.63, 3.8) is 0 Å². The van der Waals surface area contributed by atoms with Crippen LogP contribution in [0.5, 0.6) is 11.5 Å². The number of ether oxygens (including phenoxy) is 3. The molecule has 0 unspecified atom stereocenters. The molecule has 3 aromatic rings. The molecular formula is C21H19N3O6. The molecule has 9 heteroatoms. The number of aromatic nitrogens is 1. The number of urea groups is 1. The lowest BCUT2D eigenvalue weighted by Gasteiger charge is -2.19. The first-order valence-corrected chi connectivity index (χ1v) is 9.26. The molecule has 2 aromatic carbocycles. The van der Waals surface area contributed by atoms with Crippen LogP contribution in [0.4, 0.5) is 10.5 Å². The number of carbonyl (C=O) groups excluding carboxylic acids is 3. The van der Waals surface area contributed by atoms with Gasteiger partial charge in [0.05, 0.1) is 5.56 Å². The molecule has 1 aliphatic rings. The highest BCUT2D eigenvalue weighted by Crippen LogP contribution is 2.32. The van der Waals surface area contributed by atoms with Crippen molar-refractivity contribution in [3.8, 4) is 11.5 Å². The smallest absolute Gasteiger partial charge is 0.341 e. The zero-order valence-corrected chi connectivity index (χ0v) is 16.1. The van der Waals surface area contributed by atoms with E-state index >= 15 is 0 Å². The molecule has 4 rings (SSSR count). The summed E-state index contributed by atoms with van der Waals surface area (Å²) < 4.78 is 15.9. The quantitative estimate of drug-likeness (QED) is 0.570. The third kappa shape index (κ3) is 4.04. The molecule has 0 atom stereocenters. The number of rotatable bonds is 4. The summed E-state index contributed by atoms with van der Waals surface area (Å²) in [5.74, 6) is -0.306. The summed E-state index contributed by atoms with van der Waals surface area (Å²) in [6, 6.07) is 11.4. The lowest BCUT2D eigenvalue weighted by Crippen LogP contribution is -2.37. The Morgan fingerprint density at radius 3 is 2.67 bits per heavy atom. The molecule has 1 aliphatic heterocycles. The molecule has 0 saturated heterocycles. The van der Waals surface area contributed by atoms with Crippen molar-refractivity contribution in [2.24, 2.45) is 0 Å². The van der Waals surface area contributed by atoms with Gasteiger partial charge in [-0.2, -0.15) is 0 Å². The van der Waals surface area contributed by atoms with Crippen LogP contribution < -0.4 is 20.1 Å². The van der Waals surface area contributed by atoms with Crippen LogP contribution in [-0.4, -0.2) is 42.7 Å². The predicted octanol–water partition coefficient (Wildman–Crippen LogP) is 2.75. The summed E-state index contributed by atoms with van der Waals surface area (Å²) in [4.78, 5) is 39.5. The second-order valence-corrected chi connectivity index (χ2v) is 6.61. The van der Waals surface area contributed by atoms with Crippen molar-refractivity contribution in [2.45, 2.75) is 6.92 Å². The van der Waals surface area contributed by atoms with Gasteiger partial charge in [0.25, 0.3) is 5.91 Å². The normalized spacial score (nSPS) is 12.3. The Hall–Kier alpha value is -4.01. The molecule has 0 bridgehead atoms. The van der Waals surface area contributed by atoms with Gasteiger partial charge in [-0.1, -0.05) is 18.2 Å². The van der Waals surface area contributed by atoms with E-state index in [-0.39, 0.29) is 0 Å². The van der Waals surface area contributed by atoms with Crippen molar-refractivity contribution < 1.29 is 28.6 Å². The van der Waals surface area contributed by atoms with Crippen LogP contribution in [0.1, 0.15) is 16.1 Å². The average Bonchev–Trinajstić information content (AvgIpc) is 3.07. The van der Waals surface area contributed by atoms with E-state index in [1.807, 2.05) is 12.1 Å². The fourth-order valence-electron chi connectivity index (χ4n) is 3.19. The number of aryl methyl sites for hydroxylation is 1. The molecule has 2 heterocycles. The van der Waals surface area contributed by atoms with Crippen LogP contribution in [0, 0.1) is 6.92 Å². The largest absolute Gasteiger partial charge is 0.486 e. The number of aromatic amines is 1. The minimum absolute atomic E-state index is 0.360. The van der Waals surface area contributed by atoms with Gasteiger partial charge in [0.15, 0.2) is 18.1 Å². The van der Waals surface area contributed by atoms with E-state index < -0.39 is 24.5 Å². The molecule has 3 N–H and O–H groups in total. The van der Waals surface area contributed by atoms with E-state index in [0.717, 1.165) is 5.52 Å². The number of H-pyrrole nitrogens is 1. The summed E-state index contributed by atoms with van der Waals surface area (Å²) in [6.07, 6.45) is 0. The number of carbonyl (C=O) groups is 3. The molecule has 1 aromatic heterocycles. The Bertz CT molecular complexity index is 1140. The Morgan fingerprint density at radius 2 is 1.83 bits per heavy atom. The number of hydrogen-bond donors (Lipinski definition) is 3. The summed E-state index contributed by atoms with van der Waals surface area (Å²) in [7, 11) is 0. The number of imide groups is 1. The van der Waals surface area contributed by atoms with Gasteiger partial charge in [0.1, 0.15) is 13.2 Å². The summed E-state index contributed by atoms with van der Waals surface area (Å²) in [6.45, 7) is 2.04. The molecule has 0 radical (unpaired) electrons. The van der Waals surface area contributed by atoms with E-state index in [0.29, 0.717) is 47.0 Å². The highest BCUT2D eigenvalue weighted by atomic mass is 16.6. The molecule has 0 fully saturated rings. The van der Waals surface area contributed by atoms with E-state index in [9.17, 15) is 14.4 Å². The maximum absolute atomic E-state index is 12.4. The number of nitrogens with one attached hydrogen (secondary N) is 3. The zero-order chi connectivity index (χ0) is 21.1. The van der Waals surface area contributed by atoms with Crippen molar-refractivity contribution >= 4 is 34.5 Å². The third-order valence-electron chi connectivity index (χ3n) is 4.49. The van der Waals surface area contributed by atoms with Gasteiger partial charge in [0, 0.05) is 28.4 Å². The van der Waals surface area contributed by atoms with Crippen LogP contribution in [0.15, 0.2) is 42.5 Å². The van der Waals surface area contributed by atoms with Gasteiger partial charge in [-0.15, -0.1) is 0 Å². The van der Waals surface area contributed by atoms with Crippen LogP contribution in [-0.2, 0) is 9.53 Å². The van der Waals surface area contributed by atoms with Gasteiger partial charge < -0.3 is 24.5 Å². The second kappa shape index (κ2) is 8.16. The maximum atomic E-state index is 12.4. The van der Waals surface area contributed by atoms with Gasteiger partial charge in [-0.3, -0.25) is 10.1 Å². The lowest BCUT2D eigenvalue weighted by atomic mass is 10.1. The Morgan fingerprint density at radius 1 is 1.07 bits per heavy atom. The van der Waals surface area contributed by atoms with Gasteiger partial charge in [-0.25, -0.2) is 9.59 Å². The first-order valence-electron chi connectivity index (χ1n) is 9.26. The van der Waals surface area contributed by atoms with Crippen LogP contribution in [0.25, 0.3) is 10.9 Å². The van der Waals surface area contributed by atoms with Crippen LogP contribution in [0.2, 0.25) is 0 Å². The highest BCUT2D eigenvalue weighted by Gasteiger charge is 2.19. The van der Waals surface area contributed by atoms with E-state index in [4.69, 9.17) is 14.2 Å². The number of fused-ring (bicyclic) bond motifs is 2. The first kappa shape index (κ1) is 19.3. The third-order valence-corrected chi connectivity index (χ3v) is 4.49. The first-order chi connectivity index (χ1) is 14.5. The summed E-state index contributed by atoms with van der Waals surface area (Å²) in [5.41, 5.74) is 2.22. The van der Waals surface area contributed by atoms with Crippen molar-refractivity contribution in [1.82, 2.24) is 10.3 Å². The fourth-order valence-corrected chi connectivity index (χ4v) is 3.19. The molecule has 0 spiro atoms. The number of hydrogen-bond acceptors (Lipinski definition) is 6. The maximum Gasteiger partial charge on any atom is 0.341 e.